The Hall–Kier alpha value is -1.84. The van der Waals surface area contributed by atoms with Gasteiger partial charge in [-0.05, 0) is 91.7 Å². The van der Waals surface area contributed by atoms with E-state index in [1.807, 2.05) is 0 Å². The number of hydrogen-bond acceptors (Lipinski definition) is 3. The van der Waals surface area contributed by atoms with E-state index in [4.69, 9.17) is 9.84 Å². The number of rotatable bonds is 12. The van der Waals surface area contributed by atoms with Crippen molar-refractivity contribution in [2.75, 3.05) is 13.2 Å². The fourth-order valence-electron chi connectivity index (χ4n) is 4.74. The topological polar surface area (TPSA) is 49.7 Å². The fourth-order valence-corrected chi connectivity index (χ4v) is 4.74. The van der Waals surface area contributed by atoms with E-state index in [-0.39, 0.29) is 23.5 Å². The molecule has 1 atom stereocenters. The summed E-state index contributed by atoms with van der Waals surface area (Å²) in [6, 6.07) is 13.6. The molecule has 0 aliphatic rings. The molecule has 184 valence electrons. The first-order chi connectivity index (χ1) is 15.6. The van der Waals surface area contributed by atoms with Crippen LogP contribution in [0.4, 0.5) is 0 Å². The van der Waals surface area contributed by atoms with Crippen LogP contribution in [0.2, 0.25) is 0 Å². The van der Waals surface area contributed by atoms with Crippen molar-refractivity contribution >= 4 is 0 Å². The lowest BCUT2D eigenvalue weighted by Gasteiger charge is -2.34. The summed E-state index contributed by atoms with van der Waals surface area (Å²) in [6.07, 6.45) is 5.09. The van der Waals surface area contributed by atoms with Crippen molar-refractivity contribution < 1.29 is 14.9 Å². The number of aryl methyl sites for hydroxylation is 3. The van der Waals surface area contributed by atoms with E-state index < -0.39 is 0 Å². The molecule has 0 aromatic heterocycles. The number of aliphatic hydroxyl groups is 2. The van der Waals surface area contributed by atoms with Crippen LogP contribution in [0.1, 0.15) is 94.5 Å². The summed E-state index contributed by atoms with van der Waals surface area (Å²) in [5.74, 6) is 0.932. The second-order valence-electron chi connectivity index (χ2n) is 10.6. The highest BCUT2D eigenvalue weighted by atomic mass is 16.5. The molecule has 2 aromatic rings. The zero-order valence-electron chi connectivity index (χ0n) is 22.0. The van der Waals surface area contributed by atoms with Gasteiger partial charge in [0.2, 0.25) is 0 Å². The lowest BCUT2D eigenvalue weighted by atomic mass is 9.69. The molecular weight excluding hydrogens is 408 g/mol. The number of aliphatic hydroxyl groups excluding tert-OH is 2. The molecule has 2 aromatic carbocycles. The number of unbranched alkanes of at least 4 members (excludes halogenated alkanes) is 1. The van der Waals surface area contributed by atoms with Gasteiger partial charge in [0, 0.05) is 12.0 Å². The molecule has 0 amide bonds. The van der Waals surface area contributed by atoms with Crippen LogP contribution in [-0.2, 0) is 11.8 Å². The highest BCUT2D eigenvalue weighted by molar-refractivity contribution is 5.47. The molecule has 3 nitrogen and oxygen atoms in total. The van der Waals surface area contributed by atoms with Crippen molar-refractivity contribution in [2.24, 2.45) is 5.41 Å². The lowest BCUT2D eigenvalue weighted by Crippen LogP contribution is -2.27. The standard InChI is InChI=1S/C30H46O3/c1-8-30(9-2,26-15-16-27(23(4)21-26)33-19-11-10-18-31)25-14-12-24(22(3)20-25)13-17-28(32)29(5,6)7/h12,14-16,20-21,28,31-32H,8-11,13,17-19H2,1-7H3. The third-order valence-electron chi connectivity index (χ3n) is 7.33. The lowest BCUT2D eigenvalue weighted by molar-refractivity contribution is 0.0560. The van der Waals surface area contributed by atoms with Gasteiger partial charge in [0.05, 0.1) is 12.7 Å². The minimum absolute atomic E-state index is 0.0333. The summed E-state index contributed by atoms with van der Waals surface area (Å²) in [6.45, 7) is 16.0. The maximum atomic E-state index is 10.5. The summed E-state index contributed by atoms with van der Waals surface area (Å²) >= 11 is 0. The number of ether oxygens (including phenoxy) is 1. The molecule has 0 aliphatic carbocycles. The van der Waals surface area contributed by atoms with Gasteiger partial charge in [-0.2, -0.15) is 0 Å². The maximum Gasteiger partial charge on any atom is 0.122 e. The van der Waals surface area contributed by atoms with Gasteiger partial charge in [-0.25, -0.2) is 0 Å². The molecule has 2 N–H and O–H groups in total. The molecule has 2 rings (SSSR count). The molecule has 1 unspecified atom stereocenters. The monoisotopic (exact) mass is 454 g/mol. The predicted octanol–water partition coefficient (Wildman–Crippen LogP) is 6.90. The van der Waals surface area contributed by atoms with Crippen molar-refractivity contribution in [2.45, 2.75) is 98.5 Å². The van der Waals surface area contributed by atoms with Crippen LogP contribution in [0.3, 0.4) is 0 Å². The van der Waals surface area contributed by atoms with Gasteiger partial charge in [0.15, 0.2) is 0 Å². The Morgan fingerprint density at radius 3 is 2.00 bits per heavy atom. The molecule has 0 saturated heterocycles. The Bertz CT molecular complexity index is 875. The van der Waals surface area contributed by atoms with E-state index in [0.717, 1.165) is 49.8 Å². The highest BCUT2D eigenvalue weighted by Crippen LogP contribution is 2.41. The molecule has 33 heavy (non-hydrogen) atoms. The maximum absolute atomic E-state index is 10.5. The third kappa shape index (κ3) is 6.83. The SMILES string of the molecule is CCC(CC)(c1ccc(CCC(O)C(C)(C)C)c(C)c1)c1ccc(OCCCCO)c(C)c1. The Morgan fingerprint density at radius 2 is 1.48 bits per heavy atom. The average Bonchev–Trinajstić information content (AvgIpc) is 2.77. The second-order valence-corrected chi connectivity index (χ2v) is 10.6. The van der Waals surface area contributed by atoms with E-state index in [1.54, 1.807) is 0 Å². The number of hydrogen-bond donors (Lipinski definition) is 2. The summed E-state index contributed by atoms with van der Waals surface area (Å²) in [7, 11) is 0. The minimum atomic E-state index is -0.297. The third-order valence-corrected chi connectivity index (χ3v) is 7.33. The normalized spacial score (nSPS) is 13.2. The molecule has 0 bridgehead atoms. The van der Waals surface area contributed by atoms with Gasteiger partial charge in [-0.3, -0.25) is 0 Å². The van der Waals surface area contributed by atoms with Crippen molar-refractivity contribution in [3.63, 3.8) is 0 Å². The Labute approximate surface area is 202 Å². The van der Waals surface area contributed by atoms with Crippen LogP contribution in [0.5, 0.6) is 5.75 Å². The Kier molecular flexibility index (Phi) is 10.00. The van der Waals surface area contributed by atoms with Crippen molar-refractivity contribution in [1.82, 2.24) is 0 Å². The van der Waals surface area contributed by atoms with Crippen molar-refractivity contribution in [3.8, 4) is 5.75 Å². The van der Waals surface area contributed by atoms with Crippen LogP contribution >= 0.6 is 0 Å². The van der Waals surface area contributed by atoms with Gasteiger partial charge in [0.25, 0.3) is 0 Å². The van der Waals surface area contributed by atoms with Crippen LogP contribution in [0.15, 0.2) is 36.4 Å². The first-order valence-corrected chi connectivity index (χ1v) is 12.7. The number of benzene rings is 2. The molecule has 0 aliphatic heterocycles. The largest absolute Gasteiger partial charge is 0.493 e. The molecule has 0 fully saturated rings. The zero-order chi connectivity index (χ0) is 24.6. The van der Waals surface area contributed by atoms with Crippen LogP contribution < -0.4 is 4.74 Å². The van der Waals surface area contributed by atoms with Gasteiger partial charge in [-0.15, -0.1) is 0 Å². The van der Waals surface area contributed by atoms with Gasteiger partial charge in [-0.1, -0.05) is 65.0 Å². The Morgan fingerprint density at radius 1 is 0.879 bits per heavy atom. The van der Waals surface area contributed by atoms with Crippen LogP contribution in [-0.4, -0.2) is 29.5 Å². The quantitative estimate of drug-likeness (QED) is 0.343. The highest BCUT2D eigenvalue weighted by Gasteiger charge is 2.31. The Balaban J connectivity index is 2.27. The van der Waals surface area contributed by atoms with Gasteiger partial charge in [0.1, 0.15) is 5.75 Å². The zero-order valence-corrected chi connectivity index (χ0v) is 22.0. The minimum Gasteiger partial charge on any atom is -0.493 e. The second kappa shape index (κ2) is 12.0. The summed E-state index contributed by atoms with van der Waals surface area (Å²) in [4.78, 5) is 0. The molecule has 0 saturated carbocycles. The fraction of sp³-hybridized carbons (Fsp3) is 0.600. The first-order valence-electron chi connectivity index (χ1n) is 12.7. The van der Waals surface area contributed by atoms with E-state index in [9.17, 15) is 5.11 Å². The summed E-state index contributed by atoms with van der Waals surface area (Å²) < 4.78 is 5.95. The molecule has 3 heteroatoms. The van der Waals surface area contributed by atoms with E-state index >= 15 is 0 Å². The molecule has 0 heterocycles. The first kappa shape index (κ1) is 27.4. The van der Waals surface area contributed by atoms with Gasteiger partial charge < -0.3 is 14.9 Å². The predicted molar refractivity (Wildman–Crippen MR) is 139 cm³/mol. The molecule has 0 spiro atoms. The van der Waals surface area contributed by atoms with Crippen molar-refractivity contribution in [3.05, 3.63) is 64.2 Å². The summed E-state index contributed by atoms with van der Waals surface area (Å²) in [5, 5.41) is 19.4. The smallest absolute Gasteiger partial charge is 0.122 e. The van der Waals surface area contributed by atoms with Crippen LogP contribution in [0, 0.1) is 19.3 Å². The van der Waals surface area contributed by atoms with E-state index in [0.29, 0.717) is 6.61 Å². The molecule has 0 radical (unpaired) electrons. The average molecular weight is 455 g/mol. The van der Waals surface area contributed by atoms with E-state index in [1.165, 1.54) is 22.3 Å². The van der Waals surface area contributed by atoms with E-state index in [2.05, 4.69) is 84.9 Å². The molecular formula is C30H46O3. The van der Waals surface area contributed by atoms with Gasteiger partial charge >= 0.3 is 0 Å². The van der Waals surface area contributed by atoms with Crippen molar-refractivity contribution in [1.29, 1.82) is 0 Å². The summed E-state index contributed by atoms with van der Waals surface area (Å²) in [5.41, 5.74) is 6.37. The van der Waals surface area contributed by atoms with Crippen LogP contribution in [0.25, 0.3) is 0 Å².